The van der Waals surface area contributed by atoms with E-state index in [1.54, 1.807) is 6.08 Å². The second-order valence-corrected chi connectivity index (χ2v) is 9.51. The smallest absolute Gasteiger partial charge is 0.165 e. The molecule has 1 saturated heterocycles. The number of Topliss-reactive ketones (excluding diaryl/α,β-unsaturated/α-hetero) is 1. The van der Waals surface area contributed by atoms with Crippen molar-refractivity contribution in [3.8, 4) is 0 Å². The van der Waals surface area contributed by atoms with Crippen molar-refractivity contribution in [1.29, 1.82) is 0 Å². The first-order valence-corrected chi connectivity index (χ1v) is 10.1. The van der Waals surface area contributed by atoms with E-state index in [2.05, 4.69) is 6.92 Å². The molecule has 142 valence electrons. The van der Waals surface area contributed by atoms with E-state index in [1.807, 2.05) is 0 Å². The Hall–Kier alpha value is -1.04. The van der Waals surface area contributed by atoms with Crippen LogP contribution in [0.2, 0.25) is 0 Å². The first kappa shape index (κ1) is 17.1. The zero-order valence-electron chi connectivity index (χ0n) is 15.4. The van der Waals surface area contributed by atoms with Gasteiger partial charge in [0.2, 0.25) is 0 Å². The van der Waals surface area contributed by atoms with E-state index in [-0.39, 0.29) is 46.9 Å². The summed E-state index contributed by atoms with van der Waals surface area (Å²) in [6.45, 7) is 1.82. The van der Waals surface area contributed by atoms with Gasteiger partial charge in [0.05, 0.1) is 5.60 Å². The number of aliphatic hydroxyl groups is 2. The van der Waals surface area contributed by atoms with E-state index < -0.39 is 11.7 Å². The van der Waals surface area contributed by atoms with Crippen LogP contribution in [-0.2, 0) is 14.3 Å². The van der Waals surface area contributed by atoms with Crippen molar-refractivity contribution in [2.75, 3.05) is 6.61 Å². The van der Waals surface area contributed by atoms with Gasteiger partial charge in [-0.15, -0.1) is 0 Å². The van der Waals surface area contributed by atoms with Crippen LogP contribution in [0.25, 0.3) is 0 Å². The number of carbonyl (C=O) groups excluding carboxylic acids is 2. The van der Waals surface area contributed by atoms with Crippen LogP contribution in [0.4, 0.5) is 0 Å². The van der Waals surface area contributed by atoms with Gasteiger partial charge in [0.1, 0.15) is 6.61 Å². The molecule has 7 atom stereocenters. The molecule has 5 heteroatoms. The third kappa shape index (κ3) is 1.78. The van der Waals surface area contributed by atoms with E-state index in [0.717, 1.165) is 44.1 Å². The standard InChI is InChI=1S/C21H28O5/c1-19-7-6-17-20-8-5-13(23)10-12(20)4-9-21(17,26-18(20)25)16(19)3-2-14(19)15(24)11-22/h10,14,16-18,22,25H,2-9,11H2,1H3/t14-,16-,17-,18+,19-,20-,21-/m1/s1. The summed E-state index contributed by atoms with van der Waals surface area (Å²) in [4.78, 5) is 24.4. The summed E-state index contributed by atoms with van der Waals surface area (Å²) >= 11 is 0. The Morgan fingerprint density at radius 2 is 2.00 bits per heavy atom. The van der Waals surface area contributed by atoms with Gasteiger partial charge in [-0.1, -0.05) is 12.5 Å². The number of rotatable bonds is 2. The van der Waals surface area contributed by atoms with Crippen LogP contribution < -0.4 is 0 Å². The van der Waals surface area contributed by atoms with Gasteiger partial charge >= 0.3 is 0 Å². The molecule has 0 radical (unpaired) electrons. The molecule has 5 nitrogen and oxygen atoms in total. The molecule has 0 amide bonds. The number of fused-ring (bicyclic) bond motifs is 1. The molecule has 2 bridgehead atoms. The predicted molar refractivity (Wildman–Crippen MR) is 93.0 cm³/mol. The van der Waals surface area contributed by atoms with Crippen LogP contribution in [0.5, 0.6) is 0 Å². The first-order valence-electron chi connectivity index (χ1n) is 10.1. The summed E-state index contributed by atoms with van der Waals surface area (Å²) in [7, 11) is 0. The van der Waals surface area contributed by atoms with Crippen LogP contribution in [0.1, 0.15) is 58.3 Å². The summed E-state index contributed by atoms with van der Waals surface area (Å²) in [6, 6.07) is 0. The highest BCUT2D eigenvalue weighted by atomic mass is 16.6. The Labute approximate surface area is 153 Å². The summed E-state index contributed by atoms with van der Waals surface area (Å²) in [5.74, 6) is 0.502. The van der Waals surface area contributed by atoms with Crippen LogP contribution in [0.15, 0.2) is 11.6 Å². The average Bonchev–Trinajstić information content (AvgIpc) is 3.05. The molecule has 1 spiro atoms. The van der Waals surface area contributed by atoms with Crippen LogP contribution >= 0.6 is 0 Å². The molecule has 5 aliphatic rings. The second kappa shape index (κ2) is 5.27. The van der Waals surface area contributed by atoms with Crippen molar-refractivity contribution in [3.05, 3.63) is 11.6 Å². The fourth-order valence-corrected chi connectivity index (χ4v) is 7.92. The van der Waals surface area contributed by atoms with Crippen molar-refractivity contribution in [1.82, 2.24) is 0 Å². The highest BCUT2D eigenvalue weighted by Crippen LogP contribution is 2.73. The predicted octanol–water partition coefficient (Wildman–Crippen LogP) is 2.15. The van der Waals surface area contributed by atoms with E-state index >= 15 is 0 Å². The summed E-state index contributed by atoms with van der Waals surface area (Å²) in [6.07, 6.45) is 7.34. The lowest BCUT2D eigenvalue weighted by Crippen LogP contribution is -2.59. The molecule has 3 saturated carbocycles. The monoisotopic (exact) mass is 360 g/mol. The van der Waals surface area contributed by atoms with Gasteiger partial charge in [0.25, 0.3) is 0 Å². The van der Waals surface area contributed by atoms with Gasteiger partial charge in [0.15, 0.2) is 17.9 Å². The van der Waals surface area contributed by atoms with Crippen LogP contribution in [-0.4, -0.2) is 40.3 Å². The minimum Gasteiger partial charge on any atom is -0.389 e. The summed E-state index contributed by atoms with van der Waals surface area (Å²) in [5, 5.41) is 20.5. The Morgan fingerprint density at radius 1 is 1.19 bits per heavy atom. The molecule has 0 aromatic rings. The minimum absolute atomic E-state index is 0.0437. The van der Waals surface area contributed by atoms with E-state index in [0.29, 0.717) is 12.8 Å². The first-order chi connectivity index (χ1) is 12.4. The molecular weight excluding hydrogens is 332 g/mol. The second-order valence-electron chi connectivity index (χ2n) is 9.51. The number of hydrogen-bond acceptors (Lipinski definition) is 5. The van der Waals surface area contributed by atoms with E-state index in [4.69, 9.17) is 4.74 Å². The summed E-state index contributed by atoms with van der Waals surface area (Å²) < 4.78 is 6.44. The Morgan fingerprint density at radius 3 is 2.77 bits per heavy atom. The molecular formula is C21H28O5. The lowest BCUT2D eigenvalue weighted by atomic mass is 9.45. The van der Waals surface area contributed by atoms with Gasteiger partial charge < -0.3 is 14.9 Å². The highest BCUT2D eigenvalue weighted by molar-refractivity contribution is 5.91. The fourth-order valence-electron chi connectivity index (χ4n) is 7.92. The summed E-state index contributed by atoms with van der Waals surface area (Å²) in [5.41, 5.74) is 0.165. The van der Waals surface area contributed by atoms with Crippen molar-refractivity contribution in [2.24, 2.45) is 28.6 Å². The number of hydrogen-bond donors (Lipinski definition) is 2. The normalized spacial score (nSPS) is 52.1. The molecule has 0 unspecified atom stereocenters. The van der Waals surface area contributed by atoms with E-state index in [1.165, 1.54) is 0 Å². The highest BCUT2D eigenvalue weighted by Gasteiger charge is 2.74. The Bertz CT molecular complexity index is 713. The third-order valence-electron chi connectivity index (χ3n) is 8.93. The topological polar surface area (TPSA) is 83.8 Å². The minimum atomic E-state index is -0.843. The van der Waals surface area contributed by atoms with Gasteiger partial charge in [-0.25, -0.2) is 0 Å². The third-order valence-corrected chi connectivity index (χ3v) is 8.93. The fraction of sp³-hybridized carbons (Fsp3) is 0.810. The molecule has 4 fully saturated rings. The van der Waals surface area contributed by atoms with Gasteiger partial charge in [-0.05, 0) is 62.4 Å². The zero-order valence-corrected chi connectivity index (χ0v) is 15.4. The SMILES string of the molecule is C[C@]12CC[C@H]3[C@@]4(CCC5=CC(=O)CC[C@@]53[C@@H](O)O4)[C@@H]1CC[C@@H]2C(=O)CO. The lowest BCUT2D eigenvalue weighted by molar-refractivity contribution is -0.199. The Kier molecular flexibility index (Phi) is 3.46. The molecule has 4 aliphatic carbocycles. The van der Waals surface area contributed by atoms with E-state index in [9.17, 15) is 19.8 Å². The van der Waals surface area contributed by atoms with Gasteiger partial charge in [-0.2, -0.15) is 0 Å². The van der Waals surface area contributed by atoms with Crippen molar-refractivity contribution in [2.45, 2.75) is 70.2 Å². The Balaban J connectivity index is 1.59. The molecule has 0 aromatic heterocycles. The maximum atomic E-state index is 12.4. The molecule has 1 aliphatic heterocycles. The average molecular weight is 360 g/mol. The zero-order chi connectivity index (χ0) is 18.3. The van der Waals surface area contributed by atoms with Crippen molar-refractivity contribution in [3.63, 3.8) is 0 Å². The lowest BCUT2D eigenvalue weighted by Gasteiger charge is -2.58. The number of ether oxygens (including phenoxy) is 1. The largest absolute Gasteiger partial charge is 0.389 e. The maximum absolute atomic E-state index is 12.4. The molecule has 0 aromatic carbocycles. The molecule has 1 heterocycles. The van der Waals surface area contributed by atoms with Gasteiger partial charge in [0, 0.05) is 23.7 Å². The number of aliphatic hydroxyl groups excluding tert-OH is 2. The molecule has 5 rings (SSSR count). The molecule has 26 heavy (non-hydrogen) atoms. The van der Waals surface area contributed by atoms with Crippen molar-refractivity contribution >= 4 is 11.6 Å². The van der Waals surface area contributed by atoms with Crippen LogP contribution in [0.3, 0.4) is 0 Å². The van der Waals surface area contributed by atoms with Gasteiger partial charge in [-0.3, -0.25) is 9.59 Å². The van der Waals surface area contributed by atoms with Crippen molar-refractivity contribution < 1.29 is 24.5 Å². The maximum Gasteiger partial charge on any atom is 0.165 e. The number of carbonyl (C=O) groups is 2. The number of ketones is 2. The van der Waals surface area contributed by atoms with Crippen LogP contribution in [0, 0.1) is 28.6 Å². The quantitative estimate of drug-likeness (QED) is 0.788. The molecule has 2 N–H and O–H groups in total.